The number of primary amides is 1. The van der Waals surface area contributed by atoms with E-state index >= 15 is 0 Å². The molecule has 6 aromatic rings. The smallest absolute Gasteiger partial charge is 0.253 e. The second-order valence-corrected chi connectivity index (χ2v) is 29.0. The van der Waals surface area contributed by atoms with Crippen LogP contribution in [0.15, 0.2) is 206 Å². The summed E-state index contributed by atoms with van der Waals surface area (Å²) in [5, 5.41) is 19.7. The fraction of sp³-hybridized carbons (Fsp3) is 0.381. The summed E-state index contributed by atoms with van der Waals surface area (Å²) in [5.74, 6) is -6.03. The Balaban J connectivity index is 0.739. The maximum absolute atomic E-state index is 14.1. The van der Waals surface area contributed by atoms with Gasteiger partial charge in [0.25, 0.3) is 23.6 Å². The minimum atomic E-state index is -1.07. The Morgan fingerprint density at radius 3 is 1.02 bits per heavy atom. The van der Waals surface area contributed by atoms with Gasteiger partial charge >= 0.3 is 0 Å². The van der Waals surface area contributed by atoms with Crippen molar-refractivity contribution in [1.29, 1.82) is 0 Å². The molecule has 2 heterocycles. The number of nitrogens with two attached hydrogens (primary N) is 2. The molecule has 4 atom stereocenters. The number of nitrogens with zero attached hydrogens (tertiary/aromatic N) is 2. The summed E-state index contributed by atoms with van der Waals surface area (Å²) in [7, 11) is 0. The molecule has 29 heteroatoms. The molecule has 12 amide bonds. The van der Waals surface area contributed by atoms with Crippen molar-refractivity contribution in [1.82, 2.24) is 47.0 Å². The van der Waals surface area contributed by atoms with E-state index in [9.17, 15) is 57.5 Å². The van der Waals surface area contributed by atoms with Crippen molar-refractivity contribution in [3.8, 4) is 0 Å². The van der Waals surface area contributed by atoms with Crippen LogP contribution in [0.25, 0.3) is 0 Å². The van der Waals surface area contributed by atoms with Crippen LogP contribution in [0.1, 0.15) is 97.6 Å². The van der Waals surface area contributed by atoms with E-state index in [-0.39, 0.29) is 142 Å². The summed E-state index contributed by atoms with van der Waals surface area (Å²) in [6.45, 7) is 1.11. The number of carbonyl (C=O) groups is 12. The summed E-state index contributed by atoms with van der Waals surface area (Å²) in [5.41, 5.74) is 17.0. The first kappa shape index (κ1) is 87.9. The minimum absolute atomic E-state index is 0.0388. The van der Waals surface area contributed by atoms with Crippen LogP contribution in [0.2, 0.25) is 0 Å². The highest BCUT2D eigenvalue weighted by Gasteiger charge is 2.41. The van der Waals surface area contributed by atoms with Crippen molar-refractivity contribution in [2.75, 3.05) is 104 Å². The number of imide groups is 2. The normalized spacial score (nSPS) is 13.7. The summed E-state index contributed by atoms with van der Waals surface area (Å²) < 4.78 is 21.2. The van der Waals surface area contributed by atoms with E-state index < -0.39 is 98.6 Å². The highest BCUT2D eigenvalue weighted by molar-refractivity contribution is 8.01. The molecule has 0 aromatic heterocycles. The number of benzene rings is 6. The van der Waals surface area contributed by atoms with Gasteiger partial charge in [-0.3, -0.25) is 67.3 Å². The number of unbranched alkanes of at least 4 members (excludes halogenated alkanes) is 2. The third-order valence-corrected chi connectivity index (χ3v) is 21.8. The van der Waals surface area contributed by atoms with E-state index in [1.165, 1.54) is 23.5 Å². The van der Waals surface area contributed by atoms with E-state index in [4.69, 9.17) is 30.4 Å². The number of carbonyl (C=O) groups excluding carboxylic acids is 12. The van der Waals surface area contributed by atoms with E-state index in [1.54, 1.807) is 0 Å². The molecule has 2 aliphatic heterocycles. The van der Waals surface area contributed by atoms with Crippen molar-refractivity contribution in [2.24, 2.45) is 11.5 Å². The topological polar surface area (TPSA) is 384 Å². The molecular weight excluding hydrogens is 1480 g/mol. The van der Waals surface area contributed by atoms with Gasteiger partial charge in [-0.2, -0.15) is 0 Å². The third kappa shape index (κ3) is 27.6. The Labute approximate surface area is 667 Å². The van der Waals surface area contributed by atoms with Crippen LogP contribution in [0.4, 0.5) is 0 Å². The molecule has 0 fully saturated rings. The first-order chi connectivity index (χ1) is 54.9. The third-order valence-electron chi connectivity index (χ3n) is 18.5. The maximum Gasteiger partial charge on any atom is 0.253 e. The molecule has 4 unspecified atom stereocenters. The van der Waals surface area contributed by atoms with Crippen LogP contribution < -0.4 is 48.7 Å². The maximum atomic E-state index is 14.1. The standard InChI is InChI=1S/C84H101N11O16S2/c85-45-21-19-35-67(79(86)104)93-82(107)68(90-74(99)44-52-109-56-58-111-54-48-89-81(106)70(92-73(98)42-50-95-77(102)39-40-78(95)103)60-113-84(64-29-13-4-14-30-64,65-31-15-5-16-32-65)66-33-17-6-18-34-66)36-20-22-46-87-71(96)43-51-108-55-57-110-53-47-88-80(105)69(91-72(97)41-49-94-75(100)37-38-76(94)101)59-112-83(61-23-7-1-8-24-61,62-25-9-2-10-26-62)63-27-11-3-12-28-63/h1-18,23-34,37-40,67-70H,19-22,35-36,41-60,85H2,(H2,86,104)(H,87,96)(H,88,105)(H,89,106)(H,90,99)(H,91,97)(H,92,98)(H,93,107). The highest BCUT2D eigenvalue weighted by atomic mass is 32.2. The molecule has 0 bridgehead atoms. The number of thioether (sulfide) groups is 2. The fourth-order valence-corrected chi connectivity index (χ4v) is 15.8. The highest BCUT2D eigenvalue weighted by Crippen LogP contribution is 2.50. The number of hydrogen-bond donors (Lipinski definition) is 9. The van der Waals surface area contributed by atoms with Crippen LogP contribution >= 0.6 is 23.5 Å². The molecule has 27 nitrogen and oxygen atoms in total. The van der Waals surface area contributed by atoms with Crippen molar-refractivity contribution in [3.05, 3.63) is 240 Å². The van der Waals surface area contributed by atoms with Gasteiger partial charge in [-0.25, -0.2) is 0 Å². The minimum Gasteiger partial charge on any atom is -0.379 e. The Morgan fingerprint density at radius 2 is 0.664 bits per heavy atom. The largest absolute Gasteiger partial charge is 0.379 e. The predicted octanol–water partition coefficient (Wildman–Crippen LogP) is 4.99. The number of hydrogen-bond acceptors (Lipinski definition) is 19. The Hall–Kier alpha value is -10.7. The van der Waals surface area contributed by atoms with E-state index in [1.807, 2.05) is 182 Å². The zero-order chi connectivity index (χ0) is 80.5. The van der Waals surface area contributed by atoms with Gasteiger partial charge in [-0.15, -0.1) is 23.5 Å². The molecule has 0 radical (unpaired) electrons. The second kappa shape index (κ2) is 47.6. The molecule has 0 saturated carbocycles. The Bertz CT molecular complexity index is 3910. The van der Waals surface area contributed by atoms with Gasteiger partial charge in [0.1, 0.15) is 24.2 Å². The summed E-state index contributed by atoms with van der Waals surface area (Å²) in [6, 6.07) is 55.1. The molecule has 2 aliphatic rings. The lowest BCUT2D eigenvalue weighted by Crippen LogP contribution is -2.53. The van der Waals surface area contributed by atoms with E-state index in [0.717, 1.165) is 67.5 Å². The number of ether oxygens (including phenoxy) is 4. The quantitative estimate of drug-likeness (QED) is 0.0138. The van der Waals surface area contributed by atoms with Crippen molar-refractivity contribution in [2.45, 2.75) is 97.9 Å². The average Bonchev–Trinajstić information content (AvgIpc) is 1.42. The van der Waals surface area contributed by atoms with E-state index in [2.05, 4.69) is 37.2 Å². The second-order valence-electron chi connectivity index (χ2n) is 26.5. The Kier molecular flexibility index (Phi) is 37.1. The molecule has 600 valence electrons. The summed E-state index contributed by atoms with van der Waals surface area (Å²) in [6.07, 6.45) is 6.38. The van der Waals surface area contributed by atoms with Crippen LogP contribution in [0, 0.1) is 0 Å². The lowest BCUT2D eigenvalue weighted by atomic mass is 9.84. The first-order valence-corrected chi connectivity index (χ1v) is 39.9. The van der Waals surface area contributed by atoms with Crippen LogP contribution in [-0.2, 0) is 86.0 Å². The zero-order valence-electron chi connectivity index (χ0n) is 63.2. The number of rotatable bonds is 53. The molecule has 0 aliphatic carbocycles. The van der Waals surface area contributed by atoms with Gasteiger partial charge in [0.15, 0.2) is 0 Å². The predicted molar refractivity (Wildman–Crippen MR) is 429 cm³/mol. The lowest BCUT2D eigenvalue weighted by Gasteiger charge is -2.36. The van der Waals surface area contributed by atoms with E-state index in [0.29, 0.717) is 32.2 Å². The summed E-state index contributed by atoms with van der Waals surface area (Å²) in [4.78, 5) is 159. The van der Waals surface area contributed by atoms with Crippen molar-refractivity contribution in [3.63, 3.8) is 0 Å². The average molecular weight is 1580 g/mol. The van der Waals surface area contributed by atoms with Gasteiger partial charge in [0.2, 0.25) is 47.3 Å². The van der Waals surface area contributed by atoms with Gasteiger partial charge in [-0.05, 0) is 78.5 Å². The zero-order valence-corrected chi connectivity index (χ0v) is 64.9. The molecule has 6 aromatic carbocycles. The molecule has 0 spiro atoms. The molecular formula is C84H101N11O16S2. The lowest BCUT2D eigenvalue weighted by molar-refractivity contribution is -0.139. The van der Waals surface area contributed by atoms with Gasteiger partial charge < -0.3 is 67.6 Å². The van der Waals surface area contributed by atoms with Crippen LogP contribution in [0.5, 0.6) is 0 Å². The van der Waals surface area contributed by atoms with Gasteiger partial charge in [-0.1, -0.05) is 182 Å². The fourth-order valence-electron chi connectivity index (χ4n) is 12.7. The van der Waals surface area contributed by atoms with Gasteiger partial charge in [0, 0.05) is 94.2 Å². The molecule has 11 N–H and O–H groups in total. The number of nitrogens with one attached hydrogen (secondary N) is 7. The molecule has 0 saturated heterocycles. The monoisotopic (exact) mass is 1580 g/mol. The van der Waals surface area contributed by atoms with Gasteiger partial charge in [0.05, 0.1) is 62.3 Å². The number of amides is 12. The van der Waals surface area contributed by atoms with Crippen LogP contribution in [-0.4, -0.2) is 208 Å². The summed E-state index contributed by atoms with van der Waals surface area (Å²) >= 11 is 2.96. The van der Waals surface area contributed by atoms with Crippen LogP contribution in [0.3, 0.4) is 0 Å². The SMILES string of the molecule is NCCCCC(NC(=O)C(CCCCNC(=O)CCOCCOCCNC(=O)C(CSC(c1ccccc1)(c1ccccc1)c1ccccc1)NC(=O)CCN1C(=O)C=CC1=O)NC(=O)CCOCCOCCNC(=O)C(CSC(c1ccccc1)(c1ccccc1)c1ccccc1)NC(=O)CCN1C(=O)C=CC1=O)C(N)=O. The molecule has 8 rings (SSSR count). The van der Waals surface area contributed by atoms with Crippen molar-refractivity contribution >= 4 is 94.4 Å². The first-order valence-electron chi connectivity index (χ1n) is 37.9. The Morgan fingerprint density at radius 1 is 0.345 bits per heavy atom. The van der Waals surface area contributed by atoms with Crippen molar-refractivity contribution < 1.29 is 76.5 Å². The molecule has 113 heavy (non-hydrogen) atoms.